The van der Waals surface area contributed by atoms with Gasteiger partial charge in [-0.3, -0.25) is 14.3 Å². The van der Waals surface area contributed by atoms with Crippen LogP contribution in [0.3, 0.4) is 0 Å². The van der Waals surface area contributed by atoms with Crippen molar-refractivity contribution in [3.8, 4) is 5.88 Å². The molecule has 2 N–H and O–H groups in total. The van der Waals surface area contributed by atoms with Gasteiger partial charge in [0.1, 0.15) is 5.56 Å². The first kappa shape index (κ1) is 15.8. The normalized spacial score (nSPS) is 10.8. The Balaban J connectivity index is 1.95. The molecule has 0 bridgehead atoms. The molecule has 0 spiro atoms. The number of nitrogens with zero attached hydrogens (tertiary/aromatic N) is 2. The number of aromatic nitrogens is 3. The zero-order chi connectivity index (χ0) is 17.3. The summed E-state index contributed by atoms with van der Waals surface area (Å²) in [4.78, 5) is 26.9. The van der Waals surface area contributed by atoms with E-state index in [0.29, 0.717) is 16.8 Å². The first-order chi connectivity index (χ1) is 11.5. The Morgan fingerprint density at radius 3 is 2.88 bits per heavy atom. The van der Waals surface area contributed by atoms with E-state index in [0.717, 1.165) is 17.4 Å². The number of aromatic amines is 1. The van der Waals surface area contributed by atoms with Gasteiger partial charge in [0.2, 0.25) is 11.4 Å². The van der Waals surface area contributed by atoms with Gasteiger partial charge in [-0.1, -0.05) is 13.0 Å². The summed E-state index contributed by atoms with van der Waals surface area (Å²) in [7, 11) is 3.18. The average Bonchev–Trinajstić information content (AvgIpc) is 2.94. The number of nitrogens with one attached hydrogen (secondary N) is 2. The molecule has 0 fully saturated rings. The van der Waals surface area contributed by atoms with Gasteiger partial charge in [0, 0.05) is 30.4 Å². The lowest BCUT2D eigenvalue weighted by molar-refractivity contribution is 0.102. The molecule has 0 unspecified atom stereocenters. The molecular weight excluding hydrogens is 308 g/mol. The molecular formula is C17H18N4O3. The number of carbonyl (C=O) groups excluding carboxylic acids is 1. The van der Waals surface area contributed by atoms with Crippen molar-refractivity contribution in [2.75, 3.05) is 12.4 Å². The number of ether oxygens (including phenoxy) is 1. The third-order valence-electron chi connectivity index (χ3n) is 3.80. The van der Waals surface area contributed by atoms with Crippen molar-refractivity contribution in [2.24, 2.45) is 7.05 Å². The van der Waals surface area contributed by atoms with Gasteiger partial charge >= 0.3 is 0 Å². The van der Waals surface area contributed by atoms with Crippen molar-refractivity contribution in [2.45, 2.75) is 13.3 Å². The molecule has 24 heavy (non-hydrogen) atoms. The van der Waals surface area contributed by atoms with E-state index in [-0.39, 0.29) is 17.3 Å². The summed E-state index contributed by atoms with van der Waals surface area (Å²) in [5.74, 6) is -0.0641. The second-order valence-electron chi connectivity index (χ2n) is 5.45. The number of anilines is 1. The number of methoxy groups -OCH3 is 1. The zero-order valence-electron chi connectivity index (χ0n) is 13.7. The molecule has 3 rings (SSSR count). The Labute approximate surface area is 138 Å². The largest absolute Gasteiger partial charge is 0.479 e. The van der Waals surface area contributed by atoms with Crippen molar-refractivity contribution in [1.82, 2.24) is 14.8 Å². The van der Waals surface area contributed by atoms with Crippen LogP contribution in [0.5, 0.6) is 5.88 Å². The van der Waals surface area contributed by atoms with Crippen molar-refractivity contribution < 1.29 is 9.53 Å². The Morgan fingerprint density at radius 2 is 2.17 bits per heavy atom. The topological polar surface area (TPSA) is 89.0 Å². The lowest BCUT2D eigenvalue weighted by Crippen LogP contribution is -2.13. The van der Waals surface area contributed by atoms with Crippen LogP contribution in [-0.4, -0.2) is 27.8 Å². The van der Waals surface area contributed by atoms with Crippen LogP contribution >= 0.6 is 0 Å². The highest BCUT2D eigenvalue weighted by molar-refractivity contribution is 6.06. The van der Waals surface area contributed by atoms with Gasteiger partial charge in [-0.05, 0) is 24.1 Å². The molecule has 0 atom stereocenters. The zero-order valence-corrected chi connectivity index (χ0v) is 13.7. The first-order valence-corrected chi connectivity index (χ1v) is 7.56. The number of carbonyl (C=O) groups is 1. The van der Waals surface area contributed by atoms with Crippen LogP contribution in [0.1, 0.15) is 22.8 Å². The number of rotatable bonds is 4. The van der Waals surface area contributed by atoms with Crippen molar-refractivity contribution in [3.05, 3.63) is 51.9 Å². The second kappa shape index (κ2) is 6.19. The number of H-pyrrole nitrogens is 1. The van der Waals surface area contributed by atoms with E-state index < -0.39 is 0 Å². The maximum atomic E-state index is 12.4. The van der Waals surface area contributed by atoms with Crippen LogP contribution < -0.4 is 15.6 Å². The predicted molar refractivity (Wildman–Crippen MR) is 91.7 cm³/mol. The minimum Gasteiger partial charge on any atom is -0.479 e. The van der Waals surface area contributed by atoms with Gasteiger partial charge < -0.3 is 15.0 Å². The van der Waals surface area contributed by atoms with Crippen LogP contribution in [0.2, 0.25) is 0 Å². The summed E-state index contributed by atoms with van der Waals surface area (Å²) in [6.45, 7) is 2.00. The van der Waals surface area contributed by atoms with Gasteiger partial charge in [-0.2, -0.15) is 0 Å². The molecule has 2 aromatic heterocycles. The molecule has 7 heteroatoms. The predicted octanol–water partition coefficient (Wildman–Crippen LogP) is 2.08. The molecule has 0 radical (unpaired) electrons. The SMILES string of the molecule is CCc1cc(=O)[nH]c2cc(NC(=O)c3cn(C)nc3OC)ccc12. The molecule has 1 aromatic carbocycles. The fourth-order valence-corrected chi connectivity index (χ4v) is 2.68. The Kier molecular flexibility index (Phi) is 4.07. The smallest absolute Gasteiger partial charge is 0.262 e. The molecule has 0 aliphatic carbocycles. The number of fused-ring (bicyclic) bond motifs is 1. The van der Waals surface area contributed by atoms with Gasteiger partial charge in [-0.25, -0.2) is 0 Å². The third-order valence-corrected chi connectivity index (χ3v) is 3.80. The Bertz CT molecular complexity index is 972. The summed E-state index contributed by atoms with van der Waals surface area (Å²) in [5.41, 5.74) is 2.44. The highest BCUT2D eigenvalue weighted by Gasteiger charge is 2.16. The average molecular weight is 326 g/mol. The van der Waals surface area contributed by atoms with Crippen molar-refractivity contribution in [1.29, 1.82) is 0 Å². The van der Waals surface area contributed by atoms with Crippen molar-refractivity contribution >= 4 is 22.5 Å². The monoisotopic (exact) mass is 326 g/mol. The Hall–Kier alpha value is -3.09. The fraction of sp³-hybridized carbons (Fsp3) is 0.235. The molecule has 3 aromatic rings. The number of pyridine rings is 1. The van der Waals surface area contributed by atoms with Gasteiger partial charge in [0.25, 0.3) is 5.91 Å². The van der Waals surface area contributed by atoms with Crippen LogP contribution in [0.4, 0.5) is 5.69 Å². The van der Waals surface area contributed by atoms with Crippen LogP contribution in [0.25, 0.3) is 10.9 Å². The molecule has 1 amide bonds. The molecule has 0 aliphatic heterocycles. The van der Waals surface area contributed by atoms with Crippen LogP contribution in [0, 0.1) is 0 Å². The highest BCUT2D eigenvalue weighted by Crippen LogP contribution is 2.22. The van der Waals surface area contributed by atoms with E-state index in [4.69, 9.17) is 4.74 Å². The Morgan fingerprint density at radius 1 is 1.38 bits per heavy atom. The standard InChI is InChI=1S/C17H18N4O3/c1-4-10-7-15(22)19-14-8-11(5-6-12(10)14)18-16(23)13-9-21(2)20-17(13)24-3/h5-9H,4H2,1-3H3,(H,18,23)(H,19,22). The lowest BCUT2D eigenvalue weighted by atomic mass is 10.1. The number of hydrogen-bond donors (Lipinski definition) is 2. The van der Waals surface area contributed by atoms with Crippen LogP contribution in [0.15, 0.2) is 35.3 Å². The highest BCUT2D eigenvalue weighted by atomic mass is 16.5. The van der Waals surface area contributed by atoms with Gasteiger partial charge in [0.15, 0.2) is 0 Å². The van der Waals surface area contributed by atoms with Gasteiger partial charge in [0.05, 0.1) is 12.6 Å². The quantitative estimate of drug-likeness (QED) is 0.768. The maximum Gasteiger partial charge on any atom is 0.262 e. The van der Waals surface area contributed by atoms with E-state index in [1.807, 2.05) is 13.0 Å². The number of benzene rings is 1. The fourth-order valence-electron chi connectivity index (χ4n) is 2.68. The van der Waals surface area contributed by atoms with E-state index in [1.165, 1.54) is 11.8 Å². The molecule has 7 nitrogen and oxygen atoms in total. The van der Waals surface area contributed by atoms with E-state index in [9.17, 15) is 9.59 Å². The summed E-state index contributed by atoms with van der Waals surface area (Å²) in [6, 6.07) is 7.04. The number of aryl methyl sites for hydroxylation is 2. The van der Waals surface area contributed by atoms with E-state index in [1.54, 1.807) is 31.4 Å². The maximum absolute atomic E-state index is 12.4. The first-order valence-electron chi connectivity index (χ1n) is 7.56. The van der Waals surface area contributed by atoms with Gasteiger partial charge in [-0.15, -0.1) is 5.10 Å². The van der Waals surface area contributed by atoms with Crippen LogP contribution in [-0.2, 0) is 13.5 Å². The van der Waals surface area contributed by atoms with E-state index >= 15 is 0 Å². The minimum atomic E-state index is -0.326. The molecule has 124 valence electrons. The lowest BCUT2D eigenvalue weighted by Gasteiger charge is -2.08. The summed E-state index contributed by atoms with van der Waals surface area (Å²) >= 11 is 0. The summed E-state index contributed by atoms with van der Waals surface area (Å²) in [5, 5.41) is 7.83. The minimum absolute atomic E-state index is 0.156. The molecule has 2 heterocycles. The third kappa shape index (κ3) is 2.88. The van der Waals surface area contributed by atoms with E-state index in [2.05, 4.69) is 15.4 Å². The number of amides is 1. The summed E-state index contributed by atoms with van der Waals surface area (Å²) in [6.07, 6.45) is 2.35. The molecule has 0 aliphatic rings. The summed E-state index contributed by atoms with van der Waals surface area (Å²) < 4.78 is 6.61. The molecule has 0 saturated heterocycles. The molecule has 0 saturated carbocycles. The number of hydrogen-bond acceptors (Lipinski definition) is 4. The second-order valence-corrected chi connectivity index (χ2v) is 5.45. The van der Waals surface area contributed by atoms with Crippen molar-refractivity contribution in [3.63, 3.8) is 0 Å².